The maximum absolute atomic E-state index is 13.7. The number of rotatable bonds is 6. The van der Waals surface area contributed by atoms with Gasteiger partial charge in [-0.15, -0.1) is 0 Å². The topological polar surface area (TPSA) is 54.6 Å². The largest absolute Gasteiger partial charge is 0.494 e. The SMILES string of the molecule is CCOc1ccc(C2c3[nH]c4ccc(Cl)cc4c3CCN2C(=O)C(C)Oc2ccccc2)cc1. The Labute approximate surface area is 204 Å². The van der Waals surface area contributed by atoms with Crippen molar-refractivity contribution in [1.82, 2.24) is 9.88 Å². The first-order valence-electron chi connectivity index (χ1n) is 11.6. The van der Waals surface area contributed by atoms with Crippen LogP contribution in [0.4, 0.5) is 0 Å². The summed E-state index contributed by atoms with van der Waals surface area (Å²) in [5, 5.41) is 1.81. The molecule has 3 aromatic carbocycles. The Bertz CT molecular complexity index is 1300. The second-order valence-electron chi connectivity index (χ2n) is 8.47. The lowest BCUT2D eigenvalue weighted by atomic mass is 9.92. The molecule has 1 N–H and O–H groups in total. The predicted octanol–water partition coefficient (Wildman–Crippen LogP) is 6.16. The minimum Gasteiger partial charge on any atom is -0.494 e. The van der Waals surface area contributed by atoms with Gasteiger partial charge >= 0.3 is 0 Å². The zero-order chi connectivity index (χ0) is 23.7. The van der Waals surface area contributed by atoms with Crippen molar-refractivity contribution in [2.75, 3.05) is 13.2 Å². The smallest absolute Gasteiger partial charge is 0.264 e. The molecule has 1 aliphatic heterocycles. The van der Waals surface area contributed by atoms with Gasteiger partial charge in [-0.1, -0.05) is 41.9 Å². The van der Waals surface area contributed by atoms with Crippen LogP contribution in [0, 0.1) is 0 Å². The molecule has 1 amide bonds. The number of aromatic amines is 1. The second kappa shape index (κ2) is 9.43. The third-order valence-corrected chi connectivity index (χ3v) is 6.52. The second-order valence-corrected chi connectivity index (χ2v) is 8.90. The maximum atomic E-state index is 13.7. The van der Waals surface area contributed by atoms with Crippen molar-refractivity contribution in [2.24, 2.45) is 0 Å². The lowest BCUT2D eigenvalue weighted by Gasteiger charge is -2.37. The van der Waals surface area contributed by atoms with Crippen LogP contribution in [0.3, 0.4) is 0 Å². The van der Waals surface area contributed by atoms with E-state index in [1.54, 1.807) is 0 Å². The van der Waals surface area contributed by atoms with Gasteiger partial charge in [0.2, 0.25) is 0 Å². The van der Waals surface area contributed by atoms with Crippen molar-refractivity contribution in [1.29, 1.82) is 0 Å². The van der Waals surface area contributed by atoms with Gasteiger partial charge in [0.15, 0.2) is 6.10 Å². The Morgan fingerprint density at radius 3 is 2.59 bits per heavy atom. The molecule has 0 spiro atoms. The average Bonchev–Trinajstić information content (AvgIpc) is 3.22. The summed E-state index contributed by atoms with van der Waals surface area (Å²) >= 11 is 6.31. The summed E-state index contributed by atoms with van der Waals surface area (Å²) in [5.41, 5.74) is 4.26. The maximum Gasteiger partial charge on any atom is 0.264 e. The molecule has 174 valence electrons. The summed E-state index contributed by atoms with van der Waals surface area (Å²) in [6.45, 7) is 4.97. The molecule has 5 rings (SSSR count). The quantitative estimate of drug-likeness (QED) is 0.364. The van der Waals surface area contributed by atoms with Crippen molar-refractivity contribution in [3.63, 3.8) is 0 Å². The van der Waals surface area contributed by atoms with Gasteiger partial charge in [-0.3, -0.25) is 4.79 Å². The molecule has 2 atom stereocenters. The molecule has 34 heavy (non-hydrogen) atoms. The highest BCUT2D eigenvalue weighted by molar-refractivity contribution is 6.31. The van der Waals surface area contributed by atoms with Crippen molar-refractivity contribution >= 4 is 28.4 Å². The number of H-pyrrole nitrogens is 1. The van der Waals surface area contributed by atoms with E-state index in [4.69, 9.17) is 21.1 Å². The van der Waals surface area contributed by atoms with Crippen LogP contribution in [0.1, 0.15) is 36.7 Å². The van der Waals surface area contributed by atoms with Gasteiger partial charge in [0.05, 0.1) is 12.6 Å². The molecule has 0 radical (unpaired) electrons. The highest BCUT2D eigenvalue weighted by atomic mass is 35.5. The van der Waals surface area contributed by atoms with Crippen LogP contribution in [-0.2, 0) is 11.2 Å². The zero-order valence-electron chi connectivity index (χ0n) is 19.3. The number of nitrogens with zero attached hydrogens (tertiary/aromatic N) is 1. The van der Waals surface area contributed by atoms with E-state index in [9.17, 15) is 4.79 Å². The fourth-order valence-electron chi connectivity index (χ4n) is 4.74. The molecule has 1 aromatic heterocycles. The van der Waals surface area contributed by atoms with Crippen molar-refractivity contribution in [3.05, 3.63) is 94.6 Å². The summed E-state index contributed by atoms with van der Waals surface area (Å²) in [4.78, 5) is 19.2. The first-order chi connectivity index (χ1) is 16.5. The van der Waals surface area contributed by atoms with Gasteiger partial charge in [0.25, 0.3) is 5.91 Å². The van der Waals surface area contributed by atoms with Gasteiger partial charge in [-0.2, -0.15) is 0 Å². The highest BCUT2D eigenvalue weighted by Gasteiger charge is 2.36. The molecule has 5 nitrogen and oxygen atoms in total. The highest BCUT2D eigenvalue weighted by Crippen LogP contribution is 2.40. The van der Waals surface area contributed by atoms with E-state index in [-0.39, 0.29) is 11.9 Å². The lowest BCUT2D eigenvalue weighted by molar-refractivity contribution is -0.140. The van der Waals surface area contributed by atoms with Crippen LogP contribution in [0.25, 0.3) is 10.9 Å². The molecule has 0 bridgehead atoms. The average molecular weight is 475 g/mol. The summed E-state index contributed by atoms with van der Waals surface area (Å²) in [6.07, 6.45) is 0.125. The molecule has 2 unspecified atom stereocenters. The number of para-hydroxylation sites is 1. The van der Waals surface area contributed by atoms with E-state index in [2.05, 4.69) is 4.98 Å². The van der Waals surface area contributed by atoms with Gasteiger partial charge in [0.1, 0.15) is 11.5 Å². The van der Waals surface area contributed by atoms with Crippen LogP contribution in [-0.4, -0.2) is 35.0 Å². The van der Waals surface area contributed by atoms with Gasteiger partial charge in [0, 0.05) is 28.2 Å². The predicted molar refractivity (Wildman–Crippen MR) is 135 cm³/mol. The van der Waals surface area contributed by atoms with Crippen LogP contribution in [0.2, 0.25) is 5.02 Å². The number of benzene rings is 3. The molecule has 0 saturated heterocycles. The van der Waals surface area contributed by atoms with E-state index in [1.807, 2.05) is 91.5 Å². The zero-order valence-corrected chi connectivity index (χ0v) is 20.0. The van der Waals surface area contributed by atoms with Crippen molar-refractivity contribution in [3.8, 4) is 11.5 Å². The summed E-state index contributed by atoms with van der Waals surface area (Å²) in [5.74, 6) is 1.44. The summed E-state index contributed by atoms with van der Waals surface area (Å²) in [7, 11) is 0. The Morgan fingerprint density at radius 1 is 1.09 bits per heavy atom. The van der Waals surface area contributed by atoms with E-state index in [0.717, 1.165) is 34.3 Å². The van der Waals surface area contributed by atoms with Crippen molar-refractivity contribution in [2.45, 2.75) is 32.4 Å². The van der Waals surface area contributed by atoms with Gasteiger partial charge in [-0.05, 0) is 73.9 Å². The molecule has 0 saturated carbocycles. The van der Waals surface area contributed by atoms with Crippen LogP contribution in [0.5, 0.6) is 11.5 Å². The molecule has 4 aromatic rings. The minimum atomic E-state index is -0.618. The first-order valence-corrected chi connectivity index (χ1v) is 12.0. The molecule has 1 aliphatic rings. The number of nitrogens with one attached hydrogen (secondary N) is 1. The monoisotopic (exact) mass is 474 g/mol. The lowest BCUT2D eigenvalue weighted by Crippen LogP contribution is -2.46. The summed E-state index contributed by atoms with van der Waals surface area (Å²) < 4.78 is 11.6. The van der Waals surface area contributed by atoms with E-state index >= 15 is 0 Å². The number of fused-ring (bicyclic) bond motifs is 3. The first kappa shape index (κ1) is 22.4. The Hall–Kier alpha value is -3.44. The Morgan fingerprint density at radius 2 is 1.85 bits per heavy atom. The summed E-state index contributed by atoms with van der Waals surface area (Å²) in [6, 6.07) is 23.1. The number of carbonyl (C=O) groups excluding carboxylic acids is 1. The number of amides is 1. The number of hydrogen-bond acceptors (Lipinski definition) is 3. The number of halogens is 1. The number of carbonyl (C=O) groups is 1. The molecule has 2 heterocycles. The van der Waals surface area contributed by atoms with Crippen LogP contribution >= 0.6 is 11.6 Å². The normalized spacial score (nSPS) is 16.2. The fraction of sp³-hybridized carbons (Fsp3) is 0.250. The molecular formula is C28H27ClN2O3. The number of hydrogen-bond donors (Lipinski definition) is 1. The van der Waals surface area contributed by atoms with Gasteiger partial charge in [-0.25, -0.2) is 0 Å². The van der Waals surface area contributed by atoms with E-state index in [0.29, 0.717) is 23.9 Å². The fourth-order valence-corrected chi connectivity index (χ4v) is 4.92. The van der Waals surface area contributed by atoms with Gasteiger partial charge < -0.3 is 19.4 Å². The minimum absolute atomic E-state index is 0.0509. The Balaban J connectivity index is 1.54. The molecule has 6 heteroatoms. The third kappa shape index (κ3) is 4.24. The Kier molecular flexibility index (Phi) is 6.20. The van der Waals surface area contributed by atoms with Crippen molar-refractivity contribution < 1.29 is 14.3 Å². The van der Waals surface area contributed by atoms with E-state index < -0.39 is 6.10 Å². The standard InChI is InChI=1S/C28H27ClN2O3/c1-3-33-21-12-9-19(10-13-21)27-26-23(24-17-20(29)11-14-25(24)30-26)15-16-31(27)28(32)18(2)34-22-7-5-4-6-8-22/h4-14,17-18,27,30H,3,15-16H2,1-2H3. The van der Waals surface area contributed by atoms with Crippen LogP contribution in [0.15, 0.2) is 72.8 Å². The van der Waals surface area contributed by atoms with Crippen LogP contribution < -0.4 is 9.47 Å². The third-order valence-electron chi connectivity index (χ3n) is 6.28. The molecule has 0 fully saturated rings. The number of ether oxygens (including phenoxy) is 2. The van der Waals surface area contributed by atoms with E-state index in [1.165, 1.54) is 5.56 Å². The molecular weight excluding hydrogens is 448 g/mol. The molecule has 0 aliphatic carbocycles. The number of aromatic nitrogens is 1.